The molecule has 218 valence electrons. The molecule has 0 bridgehead atoms. The number of ether oxygens (including phenoxy) is 1. The van der Waals surface area contributed by atoms with Crippen molar-refractivity contribution in [2.24, 2.45) is 5.16 Å². The number of aromatic amines is 1. The first-order chi connectivity index (χ1) is 19.9. The van der Waals surface area contributed by atoms with Gasteiger partial charge in [-0.3, -0.25) is 9.59 Å². The van der Waals surface area contributed by atoms with Crippen LogP contribution in [0.1, 0.15) is 76.6 Å². The number of carbonyl (C=O) groups excluding carboxylic acids is 2. The predicted molar refractivity (Wildman–Crippen MR) is 158 cm³/mol. The zero-order valence-electron chi connectivity index (χ0n) is 24.2. The van der Waals surface area contributed by atoms with Gasteiger partial charge in [0.05, 0.1) is 36.1 Å². The number of H-pyrrole nitrogens is 1. The number of carbonyl (C=O) groups is 2. The lowest BCUT2D eigenvalue weighted by Crippen LogP contribution is -2.44. The number of aromatic nitrogens is 3. The number of para-hydroxylation sites is 1. The number of methoxy groups -OCH3 is 1. The Morgan fingerprint density at radius 1 is 1.20 bits per heavy atom. The van der Waals surface area contributed by atoms with E-state index in [0.717, 1.165) is 67.4 Å². The van der Waals surface area contributed by atoms with Gasteiger partial charge in [-0.1, -0.05) is 43.1 Å². The average Bonchev–Trinajstić information content (AvgIpc) is 3.65. The number of oxime groups is 1. The minimum absolute atomic E-state index is 0.227. The lowest BCUT2D eigenvalue weighted by molar-refractivity contribution is -0.119. The number of imidazole rings is 1. The summed E-state index contributed by atoms with van der Waals surface area (Å²) in [6.07, 6.45) is 8.41. The van der Waals surface area contributed by atoms with Gasteiger partial charge in [0.25, 0.3) is 5.91 Å². The van der Waals surface area contributed by atoms with E-state index in [1.54, 1.807) is 13.3 Å². The molecule has 0 saturated carbocycles. The number of fused-ring (bicyclic) bond motifs is 1. The Morgan fingerprint density at radius 2 is 2.00 bits per heavy atom. The Bertz CT molecular complexity index is 1410. The van der Waals surface area contributed by atoms with E-state index in [4.69, 9.17) is 9.57 Å². The summed E-state index contributed by atoms with van der Waals surface area (Å²) >= 11 is 0. The first-order valence-corrected chi connectivity index (χ1v) is 14.6. The molecule has 0 aliphatic carbocycles. The molecule has 4 heterocycles. The van der Waals surface area contributed by atoms with E-state index in [9.17, 15) is 9.59 Å². The van der Waals surface area contributed by atoms with E-state index in [1.807, 2.05) is 37.3 Å². The third-order valence-corrected chi connectivity index (χ3v) is 8.25. The number of rotatable bonds is 12. The Kier molecular flexibility index (Phi) is 8.97. The van der Waals surface area contributed by atoms with E-state index < -0.39 is 0 Å². The van der Waals surface area contributed by atoms with Crippen LogP contribution in [0.2, 0.25) is 0 Å². The summed E-state index contributed by atoms with van der Waals surface area (Å²) in [6, 6.07) is 9.56. The van der Waals surface area contributed by atoms with Crippen LogP contribution in [-0.2, 0) is 14.4 Å². The second kappa shape index (κ2) is 12.8. The van der Waals surface area contributed by atoms with Crippen LogP contribution in [-0.4, -0.2) is 70.1 Å². The molecule has 0 radical (unpaired) electrons. The molecule has 1 saturated heterocycles. The standard InChI is InChI=1S/C31H40N6O4/c1-4-22(38)11-6-5-7-13-25(34-29(39)26-19-31(41-36-26)14-16-37(2)17-15-31)28-32-20-27(33-28)23-18-21-10-8-9-12-24(21)35-30(23)40-3/h8-10,12,18,20,25H,4-7,11,13-17,19H2,1-3H3,(H,32,33)(H,34,39)/t25-/m0/s1. The number of nitrogens with one attached hydrogen (secondary N) is 2. The minimum Gasteiger partial charge on any atom is -0.480 e. The van der Waals surface area contributed by atoms with Crippen LogP contribution < -0.4 is 10.1 Å². The van der Waals surface area contributed by atoms with Gasteiger partial charge in [-0.2, -0.15) is 0 Å². The summed E-state index contributed by atoms with van der Waals surface area (Å²) in [5.41, 5.74) is 2.46. The van der Waals surface area contributed by atoms with Crippen molar-refractivity contribution in [3.05, 3.63) is 42.4 Å². The molecular weight excluding hydrogens is 520 g/mol. The number of unbranched alkanes of at least 4 members (excludes halogenated alkanes) is 2. The summed E-state index contributed by atoms with van der Waals surface area (Å²) < 4.78 is 5.60. The molecule has 10 nitrogen and oxygen atoms in total. The number of likely N-dealkylation sites (tertiary alicyclic amines) is 1. The van der Waals surface area contributed by atoms with Gasteiger partial charge in [-0.15, -0.1) is 0 Å². The highest BCUT2D eigenvalue weighted by Gasteiger charge is 2.43. The van der Waals surface area contributed by atoms with Gasteiger partial charge < -0.3 is 24.8 Å². The van der Waals surface area contributed by atoms with Gasteiger partial charge in [-0.05, 0) is 32.0 Å². The molecule has 2 N–H and O–H groups in total. The molecule has 41 heavy (non-hydrogen) atoms. The highest BCUT2D eigenvalue weighted by molar-refractivity contribution is 6.39. The van der Waals surface area contributed by atoms with Crippen molar-refractivity contribution in [1.82, 2.24) is 25.2 Å². The zero-order chi connectivity index (χ0) is 28.8. The SMILES string of the molecule is CCC(=O)CCCCC[C@H](NC(=O)C1=NOC2(CCN(C)CC2)C1)c1ncc(-c2cc3ccccc3nc2OC)[nH]1. The van der Waals surface area contributed by atoms with Crippen molar-refractivity contribution in [3.8, 4) is 17.1 Å². The quantitative estimate of drug-likeness (QED) is 0.300. The van der Waals surface area contributed by atoms with Gasteiger partial charge in [0.15, 0.2) is 0 Å². The molecule has 2 aromatic heterocycles. The number of nitrogens with zero attached hydrogens (tertiary/aromatic N) is 4. The molecule has 10 heteroatoms. The van der Waals surface area contributed by atoms with Gasteiger partial charge in [0.2, 0.25) is 5.88 Å². The van der Waals surface area contributed by atoms with Crippen LogP contribution >= 0.6 is 0 Å². The summed E-state index contributed by atoms with van der Waals surface area (Å²) in [5.74, 6) is 1.21. The van der Waals surface area contributed by atoms with Crippen molar-refractivity contribution in [3.63, 3.8) is 0 Å². The first-order valence-electron chi connectivity index (χ1n) is 14.6. The van der Waals surface area contributed by atoms with Crippen LogP contribution in [0.4, 0.5) is 0 Å². The van der Waals surface area contributed by atoms with Crippen LogP contribution in [0.5, 0.6) is 5.88 Å². The van der Waals surface area contributed by atoms with Crippen LogP contribution in [0.3, 0.4) is 0 Å². The largest absolute Gasteiger partial charge is 0.480 e. The summed E-state index contributed by atoms with van der Waals surface area (Å²) in [5, 5.41) is 8.39. The molecule has 1 amide bonds. The highest BCUT2D eigenvalue weighted by atomic mass is 16.7. The van der Waals surface area contributed by atoms with Gasteiger partial charge in [0.1, 0.15) is 22.9 Å². The lowest BCUT2D eigenvalue weighted by atomic mass is 9.87. The topological polar surface area (TPSA) is 122 Å². The molecule has 5 rings (SSSR count). The number of piperidine rings is 1. The molecule has 1 atom stereocenters. The van der Waals surface area contributed by atoms with Crippen molar-refractivity contribution in [2.45, 2.75) is 76.4 Å². The van der Waals surface area contributed by atoms with E-state index >= 15 is 0 Å². The van der Waals surface area contributed by atoms with E-state index in [1.165, 1.54) is 0 Å². The molecule has 2 aliphatic heterocycles. The monoisotopic (exact) mass is 560 g/mol. The van der Waals surface area contributed by atoms with Gasteiger partial charge >= 0.3 is 0 Å². The molecule has 1 fully saturated rings. The van der Waals surface area contributed by atoms with Crippen LogP contribution in [0.25, 0.3) is 22.2 Å². The third-order valence-electron chi connectivity index (χ3n) is 8.25. The second-order valence-corrected chi connectivity index (χ2v) is 11.2. The lowest BCUT2D eigenvalue weighted by Gasteiger charge is -2.35. The number of ketones is 1. The maximum absolute atomic E-state index is 13.4. The van der Waals surface area contributed by atoms with Crippen LogP contribution in [0, 0.1) is 0 Å². The summed E-state index contributed by atoms with van der Waals surface area (Å²) in [7, 11) is 3.70. The summed E-state index contributed by atoms with van der Waals surface area (Å²) in [6.45, 7) is 3.75. The van der Waals surface area contributed by atoms with E-state index in [2.05, 4.69) is 37.4 Å². The average molecular weight is 561 g/mol. The number of Topliss-reactive ketones (excluding diaryl/α,β-unsaturated/α-hetero) is 1. The number of pyridine rings is 1. The van der Waals surface area contributed by atoms with E-state index in [0.29, 0.717) is 43.1 Å². The maximum Gasteiger partial charge on any atom is 0.269 e. The van der Waals surface area contributed by atoms with Crippen molar-refractivity contribution in [1.29, 1.82) is 0 Å². The Hall–Kier alpha value is -3.79. The maximum atomic E-state index is 13.4. The van der Waals surface area contributed by atoms with Crippen molar-refractivity contribution >= 4 is 28.3 Å². The predicted octanol–water partition coefficient (Wildman–Crippen LogP) is 4.96. The molecule has 1 spiro atoms. The second-order valence-electron chi connectivity index (χ2n) is 11.2. The fourth-order valence-electron chi connectivity index (χ4n) is 5.58. The van der Waals surface area contributed by atoms with E-state index in [-0.39, 0.29) is 23.3 Å². The third kappa shape index (κ3) is 6.75. The molecular formula is C31H40N6O4. The Morgan fingerprint density at radius 3 is 2.78 bits per heavy atom. The number of hydrogen-bond acceptors (Lipinski definition) is 8. The van der Waals surface area contributed by atoms with Gasteiger partial charge in [-0.25, -0.2) is 9.97 Å². The fourth-order valence-corrected chi connectivity index (χ4v) is 5.58. The number of amides is 1. The fraction of sp³-hybridized carbons (Fsp3) is 0.516. The smallest absolute Gasteiger partial charge is 0.269 e. The molecule has 3 aromatic rings. The highest BCUT2D eigenvalue weighted by Crippen LogP contribution is 2.35. The normalized spacial score (nSPS) is 17.3. The van der Waals surface area contributed by atoms with Crippen molar-refractivity contribution < 1.29 is 19.2 Å². The van der Waals surface area contributed by atoms with Gasteiger partial charge in [0, 0.05) is 50.6 Å². The minimum atomic E-state index is -0.377. The molecule has 1 aromatic carbocycles. The first kappa shape index (κ1) is 28.7. The zero-order valence-corrected chi connectivity index (χ0v) is 24.2. The van der Waals surface area contributed by atoms with Crippen LogP contribution in [0.15, 0.2) is 41.7 Å². The number of hydrogen-bond donors (Lipinski definition) is 2. The summed E-state index contributed by atoms with van der Waals surface area (Å²) in [4.78, 5) is 46.0. The molecule has 0 unspecified atom stereocenters. The molecule has 2 aliphatic rings. The Labute approximate surface area is 240 Å². The number of benzene rings is 1. The van der Waals surface area contributed by atoms with Crippen molar-refractivity contribution in [2.75, 3.05) is 27.2 Å². The Balaban J connectivity index is 1.32.